The minimum absolute atomic E-state index is 0.579. The molecular weight excluding hydrogens is 238 g/mol. The minimum Gasteiger partial charge on any atom is -0.497 e. The molecule has 1 saturated heterocycles. The molecule has 0 aromatic heterocycles. The number of nitrogens with zero attached hydrogens (tertiary/aromatic N) is 2. The zero-order valence-electron chi connectivity index (χ0n) is 12.4. The Balaban J connectivity index is 2.09. The first-order valence-corrected chi connectivity index (χ1v) is 6.88. The molecule has 0 aliphatic carbocycles. The van der Waals surface area contributed by atoms with Crippen LogP contribution in [0.5, 0.6) is 5.75 Å². The summed E-state index contributed by atoms with van der Waals surface area (Å²) >= 11 is 0. The average molecular weight is 263 g/mol. The standard InChI is InChI=1S/C15H25N3O/c1-11-8-18(9-12(2)17(11)3)10-13-7-14(19-4)5-6-15(13)16/h5-7,11-12H,8-10,16H2,1-4H3. The first kappa shape index (κ1) is 14.2. The number of piperazine rings is 1. The van der Waals surface area contributed by atoms with Crippen LogP contribution in [0.15, 0.2) is 18.2 Å². The third kappa shape index (κ3) is 3.19. The van der Waals surface area contributed by atoms with E-state index in [1.165, 1.54) is 0 Å². The Hall–Kier alpha value is -1.26. The van der Waals surface area contributed by atoms with E-state index in [2.05, 4.69) is 30.7 Å². The average Bonchev–Trinajstić information content (AvgIpc) is 2.38. The van der Waals surface area contributed by atoms with Crippen molar-refractivity contribution in [2.45, 2.75) is 32.5 Å². The van der Waals surface area contributed by atoms with E-state index in [9.17, 15) is 0 Å². The summed E-state index contributed by atoms with van der Waals surface area (Å²) in [5.41, 5.74) is 8.07. The molecule has 2 rings (SSSR count). The van der Waals surface area contributed by atoms with Crippen molar-refractivity contribution in [2.24, 2.45) is 0 Å². The van der Waals surface area contributed by atoms with Crippen LogP contribution in [-0.2, 0) is 6.54 Å². The van der Waals surface area contributed by atoms with E-state index >= 15 is 0 Å². The van der Waals surface area contributed by atoms with Crippen molar-refractivity contribution in [1.29, 1.82) is 0 Å². The molecule has 1 aliphatic rings. The first-order valence-electron chi connectivity index (χ1n) is 6.88. The van der Waals surface area contributed by atoms with Crippen LogP contribution < -0.4 is 10.5 Å². The molecule has 1 heterocycles. The molecule has 2 atom stereocenters. The second-order valence-electron chi connectivity index (χ2n) is 5.62. The highest BCUT2D eigenvalue weighted by Crippen LogP contribution is 2.23. The molecule has 2 N–H and O–H groups in total. The zero-order chi connectivity index (χ0) is 14.0. The molecule has 1 aromatic rings. The van der Waals surface area contributed by atoms with Gasteiger partial charge in [-0.2, -0.15) is 0 Å². The summed E-state index contributed by atoms with van der Waals surface area (Å²) in [7, 11) is 3.89. The minimum atomic E-state index is 0.579. The fourth-order valence-corrected chi connectivity index (χ4v) is 2.73. The summed E-state index contributed by atoms with van der Waals surface area (Å²) in [4.78, 5) is 4.91. The third-order valence-electron chi connectivity index (χ3n) is 4.18. The largest absolute Gasteiger partial charge is 0.497 e. The van der Waals surface area contributed by atoms with Crippen molar-refractivity contribution >= 4 is 5.69 Å². The van der Waals surface area contributed by atoms with Crippen molar-refractivity contribution in [1.82, 2.24) is 9.80 Å². The van der Waals surface area contributed by atoms with Crippen LogP contribution in [0.4, 0.5) is 5.69 Å². The Morgan fingerprint density at radius 3 is 2.47 bits per heavy atom. The molecule has 2 unspecified atom stereocenters. The van der Waals surface area contributed by atoms with Gasteiger partial charge in [-0.25, -0.2) is 0 Å². The van der Waals surface area contributed by atoms with Crippen LogP contribution in [0.1, 0.15) is 19.4 Å². The van der Waals surface area contributed by atoms with Crippen LogP contribution in [-0.4, -0.2) is 49.1 Å². The SMILES string of the molecule is COc1ccc(N)c(CN2CC(C)N(C)C(C)C2)c1. The number of hydrogen-bond donors (Lipinski definition) is 1. The monoisotopic (exact) mass is 263 g/mol. The highest BCUT2D eigenvalue weighted by molar-refractivity contribution is 5.50. The van der Waals surface area contributed by atoms with Gasteiger partial charge in [0.05, 0.1) is 7.11 Å². The molecule has 0 radical (unpaired) electrons. The maximum atomic E-state index is 6.07. The smallest absolute Gasteiger partial charge is 0.119 e. The summed E-state index contributed by atoms with van der Waals surface area (Å²) in [6.45, 7) is 7.61. The molecule has 0 saturated carbocycles. The molecule has 106 valence electrons. The fraction of sp³-hybridized carbons (Fsp3) is 0.600. The molecule has 4 nitrogen and oxygen atoms in total. The Bertz CT molecular complexity index is 423. The van der Waals surface area contributed by atoms with E-state index in [0.717, 1.165) is 36.6 Å². The van der Waals surface area contributed by atoms with E-state index in [1.807, 2.05) is 18.2 Å². The van der Waals surface area contributed by atoms with Crippen LogP contribution in [0, 0.1) is 0 Å². The van der Waals surface area contributed by atoms with Gasteiger partial charge in [0.15, 0.2) is 0 Å². The van der Waals surface area contributed by atoms with Crippen molar-refractivity contribution in [2.75, 3.05) is 33.0 Å². The molecule has 19 heavy (non-hydrogen) atoms. The van der Waals surface area contributed by atoms with E-state index in [4.69, 9.17) is 10.5 Å². The summed E-state index contributed by atoms with van der Waals surface area (Å²) in [6.07, 6.45) is 0. The number of rotatable bonds is 3. The van der Waals surface area contributed by atoms with Gasteiger partial charge >= 0.3 is 0 Å². The Kier molecular flexibility index (Phi) is 4.32. The topological polar surface area (TPSA) is 41.7 Å². The molecule has 1 aromatic carbocycles. The Labute approximate surface area is 116 Å². The Morgan fingerprint density at radius 1 is 1.26 bits per heavy atom. The van der Waals surface area contributed by atoms with E-state index < -0.39 is 0 Å². The van der Waals surface area contributed by atoms with Gasteiger partial charge in [0.1, 0.15) is 5.75 Å². The Morgan fingerprint density at radius 2 is 1.89 bits per heavy atom. The number of anilines is 1. The molecule has 4 heteroatoms. The number of ether oxygens (including phenoxy) is 1. The summed E-state index contributed by atoms with van der Waals surface area (Å²) < 4.78 is 5.28. The summed E-state index contributed by atoms with van der Waals surface area (Å²) in [5.74, 6) is 0.874. The maximum Gasteiger partial charge on any atom is 0.119 e. The quantitative estimate of drug-likeness (QED) is 0.844. The van der Waals surface area contributed by atoms with Gasteiger partial charge in [-0.1, -0.05) is 0 Å². The lowest BCUT2D eigenvalue weighted by Gasteiger charge is -2.42. The van der Waals surface area contributed by atoms with Crippen LogP contribution in [0.2, 0.25) is 0 Å². The van der Waals surface area contributed by atoms with Crippen molar-refractivity contribution in [3.8, 4) is 5.75 Å². The van der Waals surface area contributed by atoms with Gasteiger partial charge in [0.25, 0.3) is 0 Å². The van der Waals surface area contributed by atoms with Gasteiger partial charge in [0.2, 0.25) is 0 Å². The highest BCUT2D eigenvalue weighted by atomic mass is 16.5. The van der Waals surface area contributed by atoms with Crippen LogP contribution in [0.25, 0.3) is 0 Å². The normalized spacial score (nSPS) is 25.5. The van der Waals surface area contributed by atoms with Gasteiger partial charge < -0.3 is 10.5 Å². The zero-order valence-corrected chi connectivity index (χ0v) is 12.4. The van der Waals surface area contributed by atoms with Crippen LogP contribution >= 0.6 is 0 Å². The van der Waals surface area contributed by atoms with Crippen molar-refractivity contribution in [3.63, 3.8) is 0 Å². The predicted octanol–water partition coefficient (Wildman–Crippen LogP) is 1.80. The second kappa shape index (κ2) is 5.80. The molecular formula is C15H25N3O. The van der Waals surface area contributed by atoms with Crippen LogP contribution in [0.3, 0.4) is 0 Å². The van der Waals surface area contributed by atoms with E-state index in [0.29, 0.717) is 12.1 Å². The van der Waals surface area contributed by atoms with E-state index in [-0.39, 0.29) is 0 Å². The van der Waals surface area contributed by atoms with Crippen molar-refractivity contribution in [3.05, 3.63) is 23.8 Å². The van der Waals surface area contributed by atoms with Gasteiger partial charge in [0, 0.05) is 37.4 Å². The van der Waals surface area contributed by atoms with Crippen molar-refractivity contribution < 1.29 is 4.74 Å². The molecule has 1 aliphatic heterocycles. The summed E-state index contributed by atoms with van der Waals surface area (Å²) in [5, 5.41) is 0. The molecule has 1 fully saturated rings. The molecule has 0 bridgehead atoms. The number of likely N-dealkylation sites (N-methyl/N-ethyl adjacent to an activating group) is 1. The maximum absolute atomic E-state index is 6.07. The molecule has 0 spiro atoms. The third-order valence-corrected chi connectivity index (χ3v) is 4.18. The number of nitrogen functional groups attached to an aromatic ring is 1. The number of nitrogens with two attached hydrogens (primary N) is 1. The predicted molar refractivity (Wildman–Crippen MR) is 79.4 cm³/mol. The first-order chi connectivity index (χ1) is 9.01. The highest BCUT2D eigenvalue weighted by Gasteiger charge is 2.26. The second-order valence-corrected chi connectivity index (χ2v) is 5.62. The lowest BCUT2D eigenvalue weighted by Crippen LogP contribution is -2.54. The lowest BCUT2D eigenvalue weighted by atomic mass is 10.1. The van der Waals surface area contributed by atoms with Gasteiger partial charge in [-0.15, -0.1) is 0 Å². The fourth-order valence-electron chi connectivity index (χ4n) is 2.73. The van der Waals surface area contributed by atoms with E-state index in [1.54, 1.807) is 7.11 Å². The number of methoxy groups -OCH3 is 1. The number of hydrogen-bond acceptors (Lipinski definition) is 4. The van der Waals surface area contributed by atoms with Gasteiger partial charge in [-0.3, -0.25) is 9.80 Å². The number of benzene rings is 1. The summed E-state index contributed by atoms with van der Waals surface area (Å²) in [6, 6.07) is 7.04. The lowest BCUT2D eigenvalue weighted by molar-refractivity contribution is 0.0557. The molecule has 0 amide bonds. The van der Waals surface area contributed by atoms with Gasteiger partial charge in [-0.05, 0) is 44.7 Å².